The Balaban J connectivity index is 1.91. The highest BCUT2D eigenvalue weighted by Gasteiger charge is 2.17. The molecule has 1 aliphatic carbocycles. The lowest BCUT2D eigenvalue weighted by molar-refractivity contribution is 0.426. The van der Waals surface area contributed by atoms with Gasteiger partial charge in [-0.2, -0.15) is 0 Å². The van der Waals surface area contributed by atoms with Crippen molar-refractivity contribution in [3.05, 3.63) is 35.6 Å². The fourth-order valence-corrected chi connectivity index (χ4v) is 2.90. The molecular weight excluding hydrogens is 213 g/mol. The molecule has 1 atom stereocenters. The molecule has 17 heavy (non-hydrogen) atoms. The Labute approximate surface area is 103 Å². The van der Waals surface area contributed by atoms with Crippen LogP contribution in [-0.2, 0) is 0 Å². The Hall–Kier alpha value is -0.890. The number of halogens is 1. The number of benzene rings is 1. The van der Waals surface area contributed by atoms with Crippen LogP contribution in [0.2, 0.25) is 0 Å². The molecule has 1 nitrogen and oxygen atoms in total. The van der Waals surface area contributed by atoms with Crippen molar-refractivity contribution in [3.63, 3.8) is 0 Å². The summed E-state index contributed by atoms with van der Waals surface area (Å²) in [6.07, 6.45) is 7.95. The van der Waals surface area contributed by atoms with Gasteiger partial charge in [-0.15, -0.1) is 0 Å². The molecule has 1 saturated carbocycles. The summed E-state index contributed by atoms with van der Waals surface area (Å²) < 4.78 is 13.2. The van der Waals surface area contributed by atoms with Gasteiger partial charge in [-0.25, -0.2) is 4.39 Å². The first kappa shape index (κ1) is 12.6. The van der Waals surface area contributed by atoms with Gasteiger partial charge in [0.25, 0.3) is 0 Å². The molecule has 2 heteroatoms. The van der Waals surface area contributed by atoms with Crippen molar-refractivity contribution in [2.75, 3.05) is 7.05 Å². The topological polar surface area (TPSA) is 12.0 Å². The Bertz CT molecular complexity index is 345. The Morgan fingerprint density at radius 1 is 1.35 bits per heavy atom. The van der Waals surface area contributed by atoms with Crippen LogP contribution in [0.5, 0.6) is 0 Å². The maximum absolute atomic E-state index is 13.2. The lowest BCUT2D eigenvalue weighted by Gasteiger charge is -2.18. The second kappa shape index (κ2) is 6.15. The number of hydrogen-bond acceptors (Lipinski definition) is 1. The normalized spacial score (nSPS) is 18.5. The summed E-state index contributed by atoms with van der Waals surface area (Å²) in [5.41, 5.74) is 1.07. The first-order valence-electron chi connectivity index (χ1n) is 6.72. The molecule has 0 radical (unpaired) electrons. The second-order valence-electron chi connectivity index (χ2n) is 5.12. The van der Waals surface area contributed by atoms with E-state index in [2.05, 4.69) is 5.32 Å². The van der Waals surface area contributed by atoms with Crippen molar-refractivity contribution < 1.29 is 4.39 Å². The summed E-state index contributed by atoms with van der Waals surface area (Å²) in [6.45, 7) is 0. The third-order valence-electron chi connectivity index (χ3n) is 3.94. The zero-order valence-corrected chi connectivity index (χ0v) is 10.6. The zero-order chi connectivity index (χ0) is 12.1. The molecule has 1 aliphatic rings. The van der Waals surface area contributed by atoms with E-state index < -0.39 is 0 Å². The molecule has 0 amide bonds. The van der Waals surface area contributed by atoms with Crippen LogP contribution in [0.3, 0.4) is 0 Å². The van der Waals surface area contributed by atoms with Gasteiger partial charge in [-0.1, -0.05) is 37.8 Å². The predicted octanol–water partition coefficient (Wildman–Crippen LogP) is 4.06. The minimum atomic E-state index is -0.136. The Morgan fingerprint density at radius 3 is 2.76 bits per heavy atom. The molecule has 94 valence electrons. The molecular formula is C15H22FN. The number of nitrogens with one attached hydrogen (secondary N) is 1. The molecule has 0 heterocycles. The molecule has 2 rings (SSSR count). The molecule has 1 N–H and O–H groups in total. The van der Waals surface area contributed by atoms with Gasteiger partial charge >= 0.3 is 0 Å². The van der Waals surface area contributed by atoms with Crippen LogP contribution in [-0.4, -0.2) is 7.05 Å². The highest BCUT2D eigenvalue weighted by atomic mass is 19.1. The van der Waals surface area contributed by atoms with Crippen LogP contribution < -0.4 is 5.32 Å². The average Bonchev–Trinajstić information content (AvgIpc) is 2.83. The molecule has 0 bridgehead atoms. The third-order valence-corrected chi connectivity index (χ3v) is 3.94. The van der Waals surface area contributed by atoms with E-state index in [4.69, 9.17) is 0 Å². The quantitative estimate of drug-likeness (QED) is 0.811. The smallest absolute Gasteiger partial charge is 0.123 e. The van der Waals surface area contributed by atoms with E-state index in [-0.39, 0.29) is 5.82 Å². The lowest BCUT2D eigenvalue weighted by Crippen LogP contribution is -2.17. The van der Waals surface area contributed by atoms with E-state index in [1.165, 1.54) is 38.2 Å². The van der Waals surface area contributed by atoms with Gasteiger partial charge in [0.15, 0.2) is 0 Å². The first-order valence-corrected chi connectivity index (χ1v) is 6.72. The van der Waals surface area contributed by atoms with E-state index in [0.717, 1.165) is 17.9 Å². The van der Waals surface area contributed by atoms with Crippen LogP contribution in [0.1, 0.15) is 50.1 Å². The second-order valence-corrected chi connectivity index (χ2v) is 5.12. The van der Waals surface area contributed by atoms with Gasteiger partial charge in [-0.05, 0) is 43.5 Å². The summed E-state index contributed by atoms with van der Waals surface area (Å²) in [5.74, 6) is 0.767. The van der Waals surface area contributed by atoms with Crippen LogP contribution in [0.25, 0.3) is 0 Å². The molecule has 1 unspecified atom stereocenters. The monoisotopic (exact) mass is 235 g/mol. The summed E-state index contributed by atoms with van der Waals surface area (Å²) in [6, 6.07) is 7.26. The summed E-state index contributed by atoms with van der Waals surface area (Å²) in [5, 5.41) is 3.30. The van der Waals surface area contributed by atoms with E-state index in [9.17, 15) is 4.39 Å². The fourth-order valence-electron chi connectivity index (χ4n) is 2.90. The molecule has 1 aromatic carbocycles. The maximum atomic E-state index is 13.2. The highest BCUT2D eigenvalue weighted by Crippen LogP contribution is 2.31. The largest absolute Gasteiger partial charge is 0.313 e. The molecule has 0 aromatic heterocycles. The summed E-state index contributed by atoms with van der Waals surface area (Å²) >= 11 is 0. The summed E-state index contributed by atoms with van der Waals surface area (Å²) in [7, 11) is 1.96. The zero-order valence-electron chi connectivity index (χ0n) is 10.6. The third kappa shape index (κ3) is 3.53. The Kier molecular flexibility index (Phi) is 4.55. The predicted molar refractivity (Wildman–Crippen MR) is 69.4 cm³/mol. The maximum Gasteiger partial charge on any atom is 0.123 e. The van der Waals surface area contributed by atoms with Crippen LogP contribution in [0.4, 0.5) is 4.39 Å². The van der Waals surface area contributed by atoms with E-state index in [0.29, 0.717) is 6.04 Å². The SMILES string of the molecule is CNC(CCC1CCCC1)c1cccc(F)c1. The van der Waals surface area contributed by atoms with Crippen molar-refractivity contribution in [3.8, 4) is 0 Å². The van der Waals surface area contributed by atoms with Crippen molar-refractivity contribution >= 4 is 0 Å². The van der Waals surface area contributed by atoms with Crippen molar-refractivity contribution in [2.24, 2.45) is 5.92 Å². The van der Waals surface area contributed by atoms with Gasteiger partial charge in [0.1, 0.15) is 5.82 Å². The van der Waals surface area contributed by atoms with Crippen LogP contribution in [0, 0.1) is 11.7 Å². The molecule has 0 spiro atoms. The van der Waals surface area contributed by atoms with Crippen molar-refractivity contribution in [2.45, 2.75) is 44.6 Å². The van der Waals surface area contributed by atoms with E-state index in [1.807, 2.05) is 13.1 Å². The minimum Gasteiger partial charge on any atom is -0.313 e. The van der Waals surface area contributed by atoms with Gasteiger partial charge in [-0.3, -0.25) is 0 Å². The van der Waals surface area contributed by atoms with Gasteiger partial charge in [0.2, 0.25) is 0 Å². The number of rotatable bonds is 5. The van der Waals surface area contributed by atoms with Gasteiger partial charge in [0.05, 0.1) is 0 Å². The minimum absolute atomic E-state index is 0.136. The van der Waals surface area contributed by atoms with Gasteiger partial charge in [0, 0.05) is 6.04 Å². The van der Waals surface area contributed by atoms with Crippen LogP contribution >= 0.6 is 0 Å². The van der Waals surface area contributed by atoms with Gasteiger partial charge < -0.3 is 5.32 Å². The Morgan fingerprint density at radius 2 is 2.12 bits per heavy atom. The lowest BCUT2D eigenvalue weighted by atomic mass is 9.95. The van der Waals surface area contributed by atoms with E-state index in [1.54, 1.807) is 12.1 Å². The highest BCUT2D eigenvalue weighted by molar-refractivity contribution is 5.20. The molecule has 0 saturated heterocycles. The molecule has 1 aromatic rings. The summed E-state index contributed by atoms with van der Waals surface area (Å²) in [4.78, 5) is 0. The number of hydrogen-bond donors (Lipinski definition) is 1. The van der Waals surface area contributed by atoms with Crippen molar-refractivity contribution in [1.29, 1.82) is 0 Å². The van der Waals surface area contributed by atoms with Crippen LogP contribution in [0.15, 0.2) is 24.3 Å². The average molecular weight is 235 g/mol. The van der Waals surface area contributed by atoms with E-state index >= 15 is 0 Å². The molecule has 1 fully saturated rings. The van der Waals surface area contributed by atoms with Crippen molar-refractivity contribution in [1.82, 2.24) is 5.32 Å². The fraction of sp³-hybridized carbons (Fsp3) is 0.600. The standard InChI is InChI=1S/C15H22FN/c1-17-15(10-9-12-5-2-3-6-12)13-7-4-8-14(16)11-13/h4,7-8,11-12,15,17H,2-3,5-6,9-10H2,1H3. The first-order chi connectivity index (χ1) is 8.29. The molecule has 0 aliphatic heterocycles.